The van der Waals surface area contributed by atoms with Crippen molar-refractivity contribution in [3.8, 4) is 5.75 Å². The molecule has 0 amide bonds. The molecule has 0 saturated carbocycles. The Balaban J connectivity index is 2.82. The molecular formula is C11H14O. The highest BCUT2D eigenvalue weighted by Gasteiger charge is 1.94. The molecular weight excluding hydrogens is 148 g/mol. The van der Waals surface area contributed by atoms with Gasteiger partial charge in [0.05, 0.1) is 6.26 Å². The van der Waals surface area contributed by atoms with E-state index in [4.69, 9.17) is 4.74 Å². The highest BCUT2D eigenvalue weighted by atomic mass is 16.5. The monoisotopic (exact) mass is 162 g/mol. The van der Waals surface area contributed by atoms with Gasteiger partial charge < -0.3 is 4.74 Å². The van der Waals surface area contributed by atoms with Crippen LogP contribution in [0, 0.1) is 13.8 Å². The molecule has 0 atom stereocenters. The lowest BCUT2D eigenvalue weighted by molar-refractivity contribution is 0.480. The van der Waals surface area contributed by atoms with Gasteiger partial charge in [-0.2, -0.15) is 0 Å². The second-order valence-corrected chi connectivity index (χ2v) is 2.83. The van der Waals surface area contributed by atoms with Crippen molar-refractivity contribution in [1.29, 1.82) is 0 Å². The van der Waals surface area contributed by atoms with Gasteiger partial charge in [-0.05, 0) is 44.0 Å². The molecule has 64 valence electrons. The maximum atomic E-state index is 5.31. The Labute approximate surface area is 73.7 Å². The molecule has 1 aromatic rings. The number of benzene rings is 1. The third kappa shape index (κ3) is 2.12. The Bertz CT molecular complexity index is 287. The number of hydrogen-bond donors (Lipinski definition) is 0. The molecule has 1 aromatic carbocycles. The molecule has 0 aliphatic carbocycles. The van der Waals surface area contributed by atoms with Crippen molar-refractivity contribution in [3.63, 3.8) is 0 Å². The normalized spacial score (nSPS) is 10.6. The minimum absolute atomic E-state index is 0.899. The third-order valence-electron chi connectivity index (χ3n) is 1.82. The average Bonchev–Trinajstić information content (AvgIpc) is 2.07. The lowest BCUT2D eigenvalue weighted by Crippen LogP contribution is -1.84. The molecule has 0 aromatic heterocycles. The van der Waals surface area contributed by atoms with Crippen LogP contribution in [-0.2, 0) is 0 Å². The topological polar surface area (TPSA) is 9.23 Å². The Kier molecular flexibility index (Phi) is 2.92. The Morgan fingerprint density at radius 3 is 2.50 bits per heavy atom. The number of ether oxygens (including phenoxy) is 1. The van der Waals surface area contributed by atoms with E-state index in [1.807, 2.05) is 25.1 Å². The van der Waals surface area contributed by atoms with E-state index < -0.39 is 0 Å². The molecule has 0 aliphatic rings. The quantitative estimate of drug-likeness (QED) is 0.607. The summed E-state index contributed by atoms with van der Waals surface area (Å²) in [5, 5.41) is 0. The second kappa shape index (κ2) is 3.96. The lowest BCUT2D eigenvalue weighted by Gasteiger charge is -2.03. The van der Waals surface area contributed by atoms with Crippen LogP contribution >= 0.6 is 0 Å². The van der Waals surface area contributed by atoms with E-state index in [1.165, 1.54) is 11.1 Å². The van der Waals surface area contributed by atoms with Crippen LogP contribution in [0.15, 0.2) is 30.5 Å². The molecule has 0 spiro atoms. The van der Waals surface area contributed by atoms with Crippen LogP contribution in [0.3, 0.4) is 0 Å². The standard InChI is InChI=1S/C11H14O/c1-4-7-12-11-6-5-9(2)10(3)8-11/h4-8H,1-3H3/b7-4-. The van der Waals surface area contributed by atoms with Gasteiger partial charge in [0.2, 0.25) is 0 Å². The van der Waals surface area contributed by atoms with Crippen LogP contribution in [0.5, 0.6) is 5.75 Å². The van der Waals surface area contributed by atoms with E-state index in [2.05, 4.69) is 19.9 Å². The number of hydrogen-bond acceptors (Lipinski definition) is 1. The molecule has 0 bridgehead atoms. The van der Waals surface area contributed by atoms with Crippen molar-refractivity contribution in [3.05, 3.63) is 41.7 Å². The Hall–Kier alpha value is -1.24. The number of allylic oxidation sites excluding steroid dienone is 1. The predicted octanol–water partition coefficient (Wildman–Crippen LogP) is 3.22. The summed E-state index contributed by atoms with van der Waals surface area (Å²) in [5.41, 5.74) is 2.56. The Morgan fingerprint density at radius 1 is 1.17 bits per heavy atom. The van der Waals surface area contributed by atoms with Gasteiger partial charge in [0, 0.05) is 0 Å². The van der Waals surface area contributed by atoms with Crippen molar-refractivity contribution >= 4 is 0 Å². The summed E-state index contributed by atoms with van der Waals surface area (Å²) in [6, 6.07) is 6.08. The fourth-order valence-electron chi connectivity index (χ4n) is 0.934. The Morgan fingerprint density at radius 2 is 1.92 bits per heavy atom. The third-order valence-corrected chi connectivity index (χ3v) is 1.82. The van der Waals surface area contributed by atoms with Gasteiger partial charge >= 0.3 is 0 Å². The summed E-state index contributed by atoms with van der Waals surface area (Å²) in [5.74, 6) is 0.899. The van der Waals surface area contributed by atoms with E-state index in [0.717, 1.165) is 5.75 Å². The smallest absolute Gasteiger partial charge is 0.126 e. The van der Waals surface area contributed by atoms with E-state index in [9.17, 15) is 0 Å². The first-order chi connectivity index (χ1) is 5.74. The van der Waals surface area contributed by atoms with E-state index >= 15 is 0 Å². The van der Waals surface area contributed by atoms with Gasteiger partial charge in [-0.1, -0.05) is 12.1 Å². The second-order valence-electron chi connectivity index (χ2n) is 2.83. The first-order valence-electron chi connectivity index (χ1n) is 4.09. The van der Waals surface area contributed by atoms with Crippen LogP contribution in [0.4, 0.5) is 0 Å². The van der Waals surface area contributed by atoms with Crippen LogP contribution in [-0.4, -0.2) is 0 Å². The average molecular weight is 162 g/mol. The molecule has 0 radical (unpaired) electrons. The van der Waals surface area contributed by atoms with Gasteiger partial charge in [-0.25, -0.2) is 0 Å². The molecule has 1 heteroatoms. The SMILES string of the molecule is C/C=C\Oc1ccc(C)c(C)c1. The molecule has 0 heterocycles. The highest BCUT2D eigenvalue weighted by Crippen LogP contribution is 2.16. The summed E-state index contributed by atoms with van der Waals surface area (Å²) in [6.07, 6.45) is 3.55. The summed E-state index contributed by atoms with van der Waals surface area (Å²) < 4.78 is 5.31. The largest absolute Gasteiger partial charge is 0.465 e. The number of rotatable bonds is 2. The van der Waals surface area contributed by atoms with Gasteiger partial charge in [-0.3, -0.25) is 0 Å². The zero-order chi connectivity index (χ0) is 8.97. The van der Waals surface area contributed by atoms with Crippen LogP contribution < -0.4 is 4.74 Å². The van der Waals surface area contributed by atoms with Crippen molar-refractivity contribution in [2.24, 2.45) is 0 Å². The first-order valence-corrected chi connectivity index (χ1v) is 4.09. The van der Waals surface area contributed by atoms with E-state index in [-0.39, 0.29) is 0 Å². The van der Waals surface area contributed by atoms with E-state index in [1.54, 1.807) is 6.26 Å². The maximum absolute atomic E-state index is 5.31. The molecule has 0 unspecified atom stereocenters. The van der Waals surface area contributed by atoms with Crippen molar-refractivity contribution in [2.45, 2.75) is 20.8 Å². The molecule has 1 nitrogen and oxygen atoms in total. The summed E-state index contributed by atoms with van der Waals surface area (Å²) in [6.45, 7) is 6.10. The van der Waals surface area contributed by atoms with Crippen molar-refractivity contribution in [1.82, 2.24) is 0 Å². The summed E-state index contributed by atoms with van der Waals surface area (Å²) in [7, 11) is 0. The van der Waals surface area contributed by atoms with Crippen LogP contribution in [0.1, 0.15) is 18.1 Å². The number of aryl methyl sites for hydroxylation is 2. The minimum Gasteiger partial charge on any atom is -0.465 e. The first kappa shape index (κ1) is 8.85. The predicted molar refractivity (Wildman–Crippen MR) is 51.4 cm³/mol. The molecule has 0 fully saturated rings. The zero-order valence-electron chi connectivity index (χ0n) is 7.79. The minimum atomic E-state index is 0.899. The summed E-state index contributed by atoms with van der Waals surface area (Å²) in [4.78, 5) is 0. The van der Waals surface area contributed by atoms with Crippen LogP contribution in [0.2, 0.25) is 0 Å². The zero-order valence-corrected chi connectivity index (χ0v) is 7.79. The molecule has 12 heavy (non-hydrogen) atoms. The van der Waals surface area contributed by atoms with Gasteiger partial charge in [0.1, 0.15) is 5.75 Å². The van der Waals surface area contributed by atoms with Gasteiger partial charge in [-0.15, -0.1) is 0 Å². The van der Waals surface area contributed by atoms with Crippen LogP contribution in [0.25, 0.3) is 0 Å². The molecule has 1 rings (SSSR count). The van der Waals surface area contributed by atoms with Crippen molar-refractivity contribution < 1.29 is 4.74 Å². The summed E-state index contributed by atoms with van der Waals surface area (Å²) >= 11 is 0. The molecule has 0 aliphatic heterocycles. The molecule has 0 saturated heterocycles. The maximum Gasteiger partial charge on any atom is 0.126 e. The molecule has 0 N–H and O–H groups in total. The van der Waals surface area contributed by atoms with E-state index in [0.29, 0.717) is 0 Å². The fraction of sp³-hybridized carbons (Fsp3) is 0.273. The highest BCUT2D eigenvalue weighted by molar-refractivity contribution is 5.34. The fourth-order valence-corrected chi connectivity index (χ4v) is 0.934. The van der Waals surface area contributed by atoms with Gasteiger partial charge in [0.15, 0.2) is 0 Å². The van der Waals surface area contributed by atoms with Crippen molar-refractivity contribution in [2.75, 3.05) is 0 Å². The van der Waals surface area contributed by atoms with Gasteiger partial charge in [0.25, 0.3) is 0 Å². The lowest BCUT2D eigenvalue weighted by atomic mass is 10.1.